The SMILES string of the molecule is N#CC(=Nc1ccccc1)C(=C=N)C=CC=C/C=C(\C#N)C(C#N)=Nc1ccccc1. The number of nitrogens with one attached hydrogen (secondary N) is 1. The van der Waals surface area contributed by atoms with Crippen molar-refractivity contribution in [2.24, 2.45) is 9.98 Å². The van der Waals surface area contributed by atoms with E-state index in [0.717, 1.165) is 0 Å². The number of para-hydroxylation sites is 2. The number of hydrogen-bond donors (Lipinski definition) is 1. The highest BCUT2D eigenvalue weighted by Crippen LogP contribution is 2.13. The molecule has 31 heavy (non-hydrogen) atoms. The Hall–Kier alpha value is -5.08. The molecule has 6 heteroatoms. The molecule has 1 N–H and O–H groups in total. The van der Waals surface area contributed by atoms with Gasteiger partial charge in [-0.15, -0.1) is 0 Å². The molecule has 0 heterocycles. The van der Waals surface area contributed by atoms with Crippen LogP contribution in [0.25, 0.3) is 0 Å². The third kappa shape index (κ3) is 7.11. The highest BCUT2D eigenvalue weighted by atomic mass is 14.8. The molecular weight excluding hydrogens is 384 g/mol. The van der Waals surface area contributed by atoms with Gasteiger partial charge in [-0.05, 0) is 42.3 Å². The molecule has 0 saturated carbocycles. The number of hydrogen-bond acceptors (Lipinski definition) is 6. The Morgan fingerprint density at radius 2 is 1.26 bits per heavy atom. The van der Waals surface area contributed by atoms with Gasteiger partial charge in [0.1, 0.15) is 18.2 Å². The fourth-order valence-corrected chi connectivity index (χ4v) is 2.27. The molecule has 0 aliphatic heterocycles. The van der Waals surface area contributed by atoms with Crippen LogP contribution in [0.4, 0.5) is 11.4 Å². The van der Waals surface area contributed by atoms with Crippen LogP contribution in [0.3, 0.4) is 0 Å². The van der Waals surface area contributed by atoms with E-state index >= 15 is 0 Å². The zero-order chi connectivity index (χ0) is 22.3. The molecule has 0 atom stereocenters. The van der Waals surface area contributed by atoms with Gasteiger partial charge in [0.15, 0.2) is 11.4 Å². The van der Waals surface area contributed by atoms with Gasteiger partial charge < -0.3 is 0 Å². The van der Waals surface area contributed by atoms with Gasteiger partial charge in [-0.3, -0.25) is 5.41 Å². The van der Waals surface area contributed by atoms with Crippen molar-refractivity contribution in [1.29, 1.82) is 21.2 Å². The van der Waals surface area contributed by atoms with E-state index in [1.165, 1.54) is 12.2 Å². The minimum Gasteiger partial charge on any atom is -0.258 e. The number of aliphatic imine (C=N–C) groups is 2. The molecule has 0 aromatic heterocycles. The Morgan fingerprint density at radius 3 is 1.74 bits per heavy atom. The molecule has 0 bridgehead atoms. The lowest BCUT2D eigenvalue weighted by Gasteiger charge is -1.96. The summed E-state index contributed by atoms with van der Waals surface area (Å²) in [6, 6.07) is 23.7. The van der Waals surface area contributed by atoms with E-state index < -0.39 is 0 Å². The average molecular weight is 400 g/mol. The standard InChI is InChI=1S/C25H16N6/c26-16-20(24(18-28)30-22-12-6-2-7-13-22)10-4-1-5-11-21(17-27)25(19-29)31-23-14-8-3-9-15-23/h1-15,26H/b5-1?,10-4?,21-11+,30-24?,31-25?. The third-order valence-electron chi connectivity index (χ3n) is 3.72. The zero-order valence-electron chi connectivity index (χ0n) is 16.4. The highest BCUT2D eigenvalue weighted by molar-refractivity contribution is 6.18. The van der Waals surface area contributed by atoms with Gasteiger partial charge in [-0.2, -0.15) is 15.8 Å². The number of allylic oxidation sites excluding steroid dienone is 7. The summed E-state index contributed by atoms with van der Waals surface area (Å²) in [6.45, 7) is 0. The number of nitrogens with zero attached hydrogens (tertiary/aromatic N) is 5. The maximum Gasteiger partial charge on any atom is 0.158 e. The smallest absolute Gasteiger partial charge is 0.158 e. The molecule has 2 aromatic carbocycles. The molecule has 0 radical (unpaired) electrons. The fourth-order valence-electron chi connectivity index (χ4n) is 2.27. The Labute approximate surface area is 180 Å². The zero-order valence-corrected chi connectivity index (χ0v) is 16.4. The van der Waals surface area contributed by atoms with Gasteiger partial charge in [-0.25, -0.2) is 9.98 Å². The molecular formula is C25H16N6. The lowest BCUT2D eigenvalue weighted by atomic mass is 10.1. The molecule has 0 unspecified atom stereocenters. The Bertz CT molecular complexity index is 1240. The van der Waals surface area contributed by atoms with Crippen molar-refractivity contribution in [1.82, 2.24) is 0 Å². The monoisotopic (exact) mass is 400 g/mol. The number of benzene rings is 2. The van der Waals surface area contributed by atoms with Crippen LogP contribution in [0.1, 0.15) is 0 Å². The molecule has 0 aliphatic rings. The molecule has 0 spiro atoms. The van der Waals surface area contributed by atoms with E-state index in [4.69, 9.17) is 5.41 Å². The van der Waals surface area contributed by atoms with Crippen LogP contribution < -0.4 is 0 Å². The minimum absolute atomic E-state index is 0.00386. The predicted octanol–water partition coefficient (Wildman–Crippen LogP) is 5.32. The summed E-state index contributed by atoms with van der Waals surface area (Å²) in [7, 11) is 0. The summed E-state index contributed by atoms with van der Waals surface area (Å²) < 4.78 is 0. The fraction of sp³-hybridized carbons (Fsp3) is 0. The second-order valence-corrected chi connectivity index (χ2v) is 5.79. The molecule has 0 saturated heterocycles. The Balaban J connectivity index is 2.18. The molecule has 0 aliphatic carbocycles. The van der Waals surface area contributed by atoms with Crippen LogP contribution in [-0.4, -0.2) is 17.3 Å². The highest BCUT2D eigenvalue weighted by Gasteiger charge is 2.05. The Morgan fingerprint density at radius 1 is 0.710 bits per heavy atom. The average Bonchev–Trinajstić information content (AvgIpc) is 2.82. The first-order valence-electron chi connectivity index (χ1n) is 9.05. The van der Waals surface area contributed by atoms with Crippen molar-refractivity contribution in [3.8, 4) is 18.2 Å². The summed E-state index contributed by atoms with van der Waals surface area (Å²) >= 11 is 0. The van der Waals surface area contributed by atoms with Crippen molar-refractivity contribution < 1.29 is 0 Å². The maximum absolute atomic E-state index is 9.34. The third-order valence-corrected chi connectivity index (χ3v) is 3.72. The van der Waals surface area contributed by atoms with E-state index in [9.17, 15) is 15.8 Å². The van der Waals surface area contributed by atoms with Crippen molar-refractivity contribution in [2.45, 2.75) is 0 Å². The van der Waals surface area contributed by atoms with Crippen molar-refractivity contribution in [3.05, 3.63) is 102 Å². The molecule has 6 nitrogen and oxygen atoms in total. The first-order chi connectivity index (χ1) is 15.2. The van der Waals surface area contributed by atoms with Gasteiger partial charge in [0.25, 0.3) is 0 Å². The second-order valence-electron chi connectivity index (χ2n) is 5.79. The molecule has 2 aromatic rings. The van der Waals surface area contributed by atoms with Gasteiger partial charge in [0.05, 0.1) is 22.5 Å². The quantitative estimate of drug-likeness (QED) is 0.385. The van der Waals surface area contributed by atoms with Crippen molar-refractivity contribution >= 4 is 28.7 Å². The largest absolute Gasteiger partial charge is 0.258 e. The van der Waals surface area contributed by atoms with E-state index in [1.807, 2.05) is 30.3 Å². The number of nitriles is 3. The molecule has 2 rings (SSSR count). The summed E-state index contributed by atoms with van der Waals surface area (Å²) in [5.41, 5.74) is 1.56. The van der Waals surface area contributed by atoms with Crippen LogP contribution in [0.15, 0.2) is 112 Å². The van der Waals surface area contributed by atoms with Crippen LogP contribution in [0.5, 0.6) is 0 Å². The van der Waals surface area contributed by atoms with Crippen LogP contribution in [0, 0.1) is 39.4 Å². The van der Waals surface area contributed by atoms with Gasteiger partial charge >= 0.3 is 0 Å². The van der Waals surface area contributed by atoms with E-state index in [2.05, 4.69) is 15.9 Å². The van der Waals surface area contributed by atoms with Gasteiger partial charge in [-0.1, -0.05) is 54.6 Å². The summed E-state index contributed by atoms with van der Waals surface area (Å²) in [5, 5.41) is 35.4. The van der Waals surface area contributed by atoms with Crippen molar-refractivity contribution in [3.63, 3.8) is 0 Å². The van der Waals surface area contributed by atoms with E-state index in [-0.39, 0.29) is 22.6 Å². The summed E-state index contributed by atoms with van der Waals surface area (Å²) in [5.74, 6) is 2.20. The lowest BCUT2D eigenvalue weighted by molar-refractivity contribution is 1.46. The summed E-state index contributed by atoms with van der Waals surface area (Å²) in [6.07, 6.45) is 7.73. The van der Waals surface area contributed by atoms with Crippen LogP contribution >= 0.6 is 0 Å². The van der Waals surface area contributed by atoms with Gasteiger partial charge in [0, 0.05) is 0 Å². The van der Waals surface area contributed by atoms with Crippen molar-refractivity contribution in [2.75, 3.05) is 0 Å². The number of rotatable bonds is 7. The normalized spacial score (nSPS) is 12.1. The van der Waals surface area contributed by atoms with Gasteiger partial charge in [0.2, 0.25) is 0 Å². The molecule has 146 valence electrons. The summed E-state index contributed by atoms with van der Waals surface area (Å²) in [4.78, 5) is 8.40. The first kappa shape index (κ1) is 22.2. The minimum atomic E-state index is 0.00386. The molecule has 0 amide bonds. The lowest BCUT2D eigenvalue weighted by Crippen LogP contribution is -1.97. The molecule has 0 fully saturated rings. The van der Waals surface area contributed by atoms with E-state index in [1.54, 1.807) is 66.8 Å². The van der Waals surface area contributed by atoms with E-state index in [0.29, 0.717) is 11.4 Å². The Kier molecular flexibility index (Phi) is 8.88. The van der Waals surface area contributed by atoms with Crippen LogP contribution in [-0.2, 0) is 0 Å². The predicted molar refractivity (Wildman–Crippen MR) is 122 cm³/mol. The van der Waals surface area contributed by atoms with Crippen LogP contribution in [0.2, 0.25) is 0 Å². The maximum atomic E-state index is 9.34. The first-order valence-corrected chi connectivity index (χ1v) is 9.05. The topological polar surface area (TPSA) is 120 Å². The second kappa shape index (κ2) is 12.4.